The smallest absolute Gasteiger partial charge is 0.317 e. The van der Waals surface area contributed by atoms with E-state index < -0.39 is 0 Å². The van der Waals surface area contributed by atoms with Gasteiger partial charge in [0.25, 0.3) is 0 Å². The molecule has 0 atom stereocenters. The summed E-state index contributed by atoms with van der Waals surface area (Å²) in [5.41, 5.74) is 1.02. The van der Waals surface area contributed by atoms with Crippen molar-refractivity contribution in [2.24, 2.45) is 0 Å². The standard InChI is InChI=1S/C16H24O2/c1-15(2,3)13-10-12(8-9-17-7)11-14(18-13)16(4,5)6/h8,10-11H,1-7H3. The highest BCUT2D eigenvalue weighted by atomic mass is 16.5. The Kier molecular flexibility index (Phi) is 4.20. The van der Waals surface area contributed by atoms with Crippen LogP contribution in [0.5, 0.6) is 0 Å². The Balaban J connectivity index is 3.34. The van der Waals surface area contributed by atoms with E-state index >= 15 is 0 Å². The Hall–Kier alpha value is -1.31. The van der Waals surface area contributed by atoms with Crippen molar-refractivity contribution in [1.29, 1.82) is 0 Å². The Bertz CT molecular complexity index is 399. The molecule has 2 nitrogen and oxygen atoms in total. The highest BCUT2D eigenvalue weighted by Gasteiger charge is 2.31. The zero-order chi connectivity index (χ0) is 14.0. The Labute approximate surface area is 111 Å². The average Bonchev–Trinajstić information content (AvgIpc) is 2.23. The summed E-state index contributed by atoms with van der Waals surface area (Å²) in [5.74, 6) is 1.94. The van der Waals surface area contributed by atoms with Gasteiger partial charge in [0.1, 0.15) is 0 Å². The van der Waals surface area contributed by atoms with Gasteiger partial charge in [-0.05, 0) is 53.7 Å². The van der Waals surface area contributed by atoms with E-state index in [0.29, 0.717) is 0 Å². The molecule has 0 N–H and O–H groups in total. The molecule has 2 heteroatoms. The number of hydrogen-bond donors (Lipinski definition) is 0. The van der Waals surface area contributed by atoms with Crippen LogP contribution in [0, 0.1) is 6.26 Å². The largest absolute Gasteiger partial charge is 0.596 e. The van der Waals surface area contributed by atoms with Crippen LogP contribution in [0.15, 0.2) is 16.5 Å². The van der Waals surface area contributed by atoms with Crippen molar-refractivity contribution in [3.63, 3.8) is 0 Å². The van der Waals surface area contributed by atoms with Gasteiger partial charge in [0, 0.05) is 0 Å². The molecular formula is C16H24O2. The van der Waals surface area contributed by atoms with Gasteiger partial charge in [0.2, 0.25) is 0 Å². The molecule has 1 aromatic rings. The summed E-state index contributed by atoms with van der Waals surface area (Å²) < 4.78 is 10.9. The molecule has 100 valence electrons. The van der Waals surface area contributed by atoms with Gasteiger partial charge in [-0.1, -0.05) is 6.26 Å². The van der Waals surface area contributed by atoms with Crippen molar-refractivity contribution in [2.45, 2.75) is 52.4 Å². The number of rotatable bonds is 2. The van der Waals surface area contributed by atoms with Crippen LogP contribution in [0.3, 0.4) is 0 Å². The van der Waals surface area contributed by atoms with E-state index in [0.717, 1.165) is 17.1 Å². The molecule has 0 spiro atoms. The number of hydrogen-bond acceptors (Lipinski definition) is 1. The van der Waals surface area contributed by atoms with E-state index in [1.807, 2.05) is 18.2 Å². The molecule has 1 rings (SSSR count). The maximum absolute atomic E-state index is 6.04. The van der Waals surface area contributed by atoms with Crippen molar-refractivity contribution in [3.05, 3.63) is 35.5 Å². The van der Waals surface area contributed by atoms with Gasteiger partial charge in [0.05, 0.1) is 17.9 Å². The molecule has 0 saturated carbocycles. The number of ether oxygens (including phenoxy) is 1. The van der Waals surface area contributed by atoms with Crippen LogP contribution in [0.4, 0.5) is 0 Å². The molecule has 0 aliphatic carbocycles. The van der Waals surface area contributed by atoms with Crippen molar-refractivity contribution in [2.75, 3.05) is 7.11 Å². The lowest BCUT2D eigenvalue weighted by Crippen LogP contribution is -2.16. The Morgan fingerprint density at radius 1 is 1.00 bits per heavy atom. The van der Waals surface area contributed by atoms with Gasteiger partial charge in [-0.3, -0.25) is 0 Å². The Morgan fingerprint density at radius 3 is 1.78 bits per heavy atom. The molecule has 0 radical (unpaired) electrons. The van der Waals surface area contributed by atoms with Gasteiger partial charge < -0.3 is 4.74 Å². The zero-order valence-electron chi connectivity index (χ0n) is 12.5. The monoisotopic (exact) mass is 248 g/mol. The lowest BCUT2D eigenvalue weighted by Gasteiger charge is -2.16. The van der Waals surface area contributed by atoms with Crippen LogP contribution in [-0.2, 0) is 15.6 Å². The molecule has 1 aromatic heterocycles. The maximum atomic E-state index is 6.04. The summed E-state index contributed by atoms with van der Waals surface area (Å²) in [7, 11) is 1.60. The van der Waals surface area contributed by atoms with Crippen molar-refractivity contribution in [3.8, 4) is 0 Å². The first-order valence-electron chi connectivity index (χ1n) is 6.25. The second-order valence-corrected chi connectivity index (χ2v) is 6.59. The third-order valence-electron chi connectivity index (χ3n) is 2.64. The predicted molar refractivity (Wildman–Crippen MR) is 75.2 cm³/mol. The molecular weight excluding hydrogens is 224 g/mol. The predicted octanol–water partition coefficient (Wildman–Crippen LogP) is 4.58. The van der Waals surface area contributed by atoms with E-state index in [2.05, 4.69) is 47.8 Å². The Morgan fingerprint density at radius 2 is 1.44 bits per heavy atom. The van der Waals surface area contributed by atoms with E-state index in [1.54, 1.807) is 7.11 Å². The lowest BCUT2D eigenvalue weighted by molar-refractivity contribution is 0.316. The minimum Gasteiger partial charge on any atom is -0.596 e. The molecule has 0 amide bonds. The summed E-state index contributed by atoms with van der Waals surface area (Å²) in [6, 6.07) is 4.09. The van der Waals surface area contributed by atoms with Gasteiger partial charge in [-0.25, -0.2) is 4.42 Å². The first kappa shape index (κ1) is 14.7. The third kappa shape index (κ3) is 3.86. The van der Waals surface area contributed by atoms with Gasteiger partial charge in [0.15, 0.2) is 0 Å². The first-order chi connectivity index (χ1) is 8.14. The summed E-state index contributed by atoms with van der Waals surface area (Å²) in [4.78, 5) is 0. The second kappa shape index (κ2) is 5.13. The normalized spacial score (nSPS) is 13.1. The summed E-state index contributed by atoms with van der Waals surface area (Å²) in [6.45, 7) is 12.9. The fraction of sp³-hybridized carbons (Fsp3) is 0.562. The van der Waals surface area contributed by atoms with E-state index in [-0.39, 0.29) is 10.8 Å². The highest BCUT2D eigenvalue weighted by Crippen LogP contribution is 2.30. The molecule has 0 saturated heterocycles. The molecule has 0 fully saturated rings. The van der Waals surface area contributed by atoms with Crippen LogP contribution < -0.4 is 0 Å². The van der Waals surface area contributed by atoms with Gasteiger partial charge in [-0.15, -0.1) is 0 Å². The maximum Gasteiger partial charge on any atom is 0.317 e. The van der Waals surface area contributed by atoms with Crippen LogP contribution in [0.25, 0.3) is 6.08 Å². The highest BCUT2D eigenvalue weighted by molar-refractivity contribution is 5.48. The molecule has 0 aliphatic rings. The second-order valence-electron chi connectivity index (χ2n) is 6.59. The topological polar surface area (TPSA) is 20.5 Å². The summed E-state index contributed by atoms with van der Waals surface area (Å²) >= 11 is 0. The first-order valence-corrected chi connectivity index (χ1v) is 6.25. The van der Waals surface area contributed by atoms with Crippen molar-refractivity contribution >= 4 is 6.08 Å². The summed E-state index contributed by atoms with van der Waals surface area (Å²) in [6.07, 6.45) is 4.59. The van der Waals surface area contributed by atoms with Gasteiger partial charge in [-0.2, -0.15) is 11.6 Å². The van der Waals surface area contributed by atoms with Crippen LogP contribution in [0.1, 0.15) is 58.6 Å². The van der Waals surface area contributed by atoms with Crippen LogP contribution >= 0.6 is 0 Å². The molecule has 0 aromatic carbocycles. The third-order valence-corrected chi connectivity index (χ3v) is 2.64. The SMILES string of the molecule is CO[C-]=Cc1cc(C(C)(C)C)[o+]c(C(C)(C)C)c1. The molecule has 1 heterocycles. The molecule has 0 unspecified atom stereocenters. The van der Waals surface area contributed by atoms with E-state index in [1.165, 1.54) is 0 Å². The van der Waals surface area contributed by atoms with Crippen LogP contribution in [-0.4, -0.2) is 7.11 Å². The molecule has 0 aliphatic heterocycles. The average molecular weight is 248 g/mol. The van der Waals surface area contributed by atoms with Crippen molar-refractivity contribution in [1.82, 2.24) is 0 Å². The quantitative estimate of drug-likeness (QED) is 0.434. The minimum absolute atomic E-state index is 0.0169. The van der Waals surface area contributed by atoms with E-state index in [9.17, 15) is 0 Å². The fourth-order valence-electron chi connectivity index (χ4n) is 1.47. The molecule has 0 bridgehead atoms. The number of methoxy groups -OCH3 is 1. The zero-order valence-corrected chi connectivity index (χ0v) is 12.5. The van der Waals surface area contributed by atoms with Gasteiger partial charge >= 0.3 is 11.5 Å². The van der Waals surface area contributed by atoms with E-state index in [4.69, 9.17) is 9.15 Å². The molecule has 18 heavy (non-hydrogen) atoms. The summed E-state index contributed by atoms with van der Waals surface area (Å²) in [5, 5.41) is 0. The fourth-order valence-corrected chi connectivity index (χ4v) is 1.47. The van der Waals surface area contributed by atoms with Crippen molar-refractivity contribution < 1.29 is 9.15 Å². The minimum atomic E-state index is -0.0169. The lowest BCUT2D eigenvalue weighted by atomic mass is 9.88. The van der Waals surface area contributed by atoms with Crippen LogP contribution in [0.2, 0.25) is 0 Å².